The second-order valence-electron chi connectivity index (χ2n) is 5.28. The molecule has 1 unspecified atom stereocenters. The van der Waals surface area contributed by atoms with Gasteiger partial charge in [0.15, 0.2) is 0 Å². The molecule has 3 rings (SSSR count). The third-order valence-corrected chi connectivity index (χ3v) is 3.84. The van der Waals surface area contributed by atoms with Gasteiger partial charge in [-0.1, -0.05) is 30.3 Å². The Bertz CT molecular complexity index is 689. The molecule has 2 aromatic rings. The quantitative estimate of drug-likeness (QED) is 0.694. The summed E-state index contributed by atoms with van der Waals surface area (Å²) in [4.78, 5) is 26.1. The Morgan fingerprint density at radius 1 is 0.952 bits per heavy atom. The maximum Gasteiger partial charge on any atom is 0.261 e. The lowest BCUT2D eigenvalue weighted by molar-refractivity contribution is 0.0597. The minimum atomic E-state index is -0.234. The van der Waals surface area contributed by atoms with Crippen LogP contribution in [-0.2, 0) is 6.42 Å². The zero-order chi connectivity index (χ0) is 15.0. The molecular weight excluding hydrogens is 264 g/mol. The van der Waals surface area contributed by atoms with Crippen molar-refractivity contribution in [3.8, 4) is 0 Å². The molecule has 4 heteroatoms. The fourth-order valence-electron chi connectivity index (χ4n) is 2.74. The first-order valence-electron chi connectivity index (χ1n) is 6.90. The summed E-state index contributed by atoms with van der Waals surface area (Å²) < 4.78 is 0. The third kappa shape index (κ3) is 2.18. The van der Waals surface area contributed by atoms with E-state index in [1.807, 2.05) is 31.2 Å². The second kappa shape index (κ2) is 5.05. The van der Waals surface area contributed by atoms with Crippen molar-refractivity contribution in [1.82, 2.24) is 4.90 Å². The number of imide groups is 1. The lowest BCUT2D eigenvalue weighted by Crippen LogP contribution is -2.39. The van der Waals surface area contributed by atoms with E-state index in [0.29, 0.717) is 23.2 Å². The smallest absolute Gasteiger partial charge is 0.261 e. The summed E-state index contributed by atoms with van der Waals surface area (Å²) in [5, 5.41) is 0. The summed E-state index contributed by atoms with van der Waals surface area (Å²) in [6.07, 6.45) is 0.554. The van der Waals surface area contributed by atoms with Crippen molar-refractivity contribution in [3.63, 3.8) is 0 Å². The standard InChI is InChI=1S/C17H16N2O2/c1-11(10-12-6-2-5-9-15(12)18)19-16(20)13-7-3-4-8-14(13)17(19)21/h2-9,11H,10,18H2,1H3. The fourth-order valence-corrected chi connectivity index (χ4v) is 2.74. The molecule has 0 radical (unpaired) electrons. The predicted octanol–water partition coefficient (Wildman–Crippen LogP) is 2.50. The number of amides is 2. The van der Waals surface area contributed by atoms with Gasteiger partial charge in [0.05, 0.1) is 11.1 Å². The maximum atomic E-state index is 12.4. The van der Waals surface area contributed by atoms with Crippen molar-refractivity contribution in [3.05, 3.63) is 65.2 Å². The predicted molar refractivity (Wildman–Crippen MR) is 81.0 cm³/mol. The molecular formula is C17H16N2O2. The molecule has 1 atom stereocenters. The van der Waals surface area contributed by atoms with Gasteiger partial charge < -0.3 is 5.73 Å². The number of nitrogens with zero attached hydrogens (tertiary/aromatic N) is 1. The number of hydrogen-bond acceptors (Lipinski definition) is 3. The molecule has 0 aliphatic carbocycles. The number of benzene rings is 2. The highest BCUT2D eigenvalue weighted by Crippen LogP contribution is 2.26. The Labute approximate surface area is 123 Å². The Morgan fingerprint density at radius 3 is 2.05 bits per heavy atom. The largest absolute Gasteiger partial charge is 0.399 e. The number of nitrogen functional groups attached to an aromatic ring is 1. The van der Waals surface area contributed by atoms with Crippen molar-refractivity contribution in [2.75, 3.05) is 5.73 Å². The molecule has 4 nitrogen and oxygen atoms in total. The van der Waals surface area contributed by atoms with Crippen LogP contribution in [0.2, 0.25) is 0 Å². The minimum absolute atomic E-state index is 0.224. The molecule has 2 amide bonds. The highest BCUT2D eigenvalue weighted by Gasteiger charge is 2.38. The molecule has 0 aromatic heterocycles. The van der Waals surface area contributed by atoms with E-state index in [4.69, 9.17) is 5.73 Å². The molecule has 1 aliphatic rings. The van der Waals surface area contributed by atoms with Gasteiger partial charge in [0.25, 0.3) is 11.8 Å². The van der Waals surface area contributed by atoms with E-state index in [-0.39, 0.29) is 17.9 Å². The van der Waals surface area contributed by atoms with Gasteiger partial charge in [0.1, 0.15) is 0 Å². The van der Waals surface area contributed by atoms with E-state index in [1.165, 1.54) is 4.90 Å². The van der Waals surface area contributed by atoms with E-state index in [1.54, 1.807) is 24.3 Å². The molecule has 106 valence electrons. The number of fused-ring (bicyclic) bond motifs is 1. The molecule has 1 heterocycles. The first kappa shape index (κ1) is 13.4. The summed E-state index contributed by atoms with van der Waals surface area (Å²) >= 11 is 0. The number of para-hydroxylation sites is 1. The molecule has 0 bridgehead atoms. The Kier molecular flexibility index (Phi) is 3.22. The zero-order valence-corrected chi connectivity index (χ0v) is 11.7. The van der Waals surface area contributed by atoms with Gasteiger partial charge >= 0.3 is 0 Å². The topological polar surface area (TPSA) is 63.4 Å². The summed E-state index contributed by atoms with van der Waals surface area (Å²) in [7, 11) is 0. The van der Waals surface area contributed by atoms with E-state index < -0.39 is 0 Å². The van der Waals surface area contributed by atoms with Crippen LogP contribution in [0.3, 0.4) is 0 Å². The monoisotopic (exact) mass is 280 g/mol. The Balaban J connectivity index is 1.87. The zero-order valence-electron chi connectivity index (χ0n) is 11.7. The Hall–Kier alpha value is -2.62. The second-order valence-corrected chi connectivity index (χ2v) is 5.28. The van der Waals surface area contributed by atoms with E-state index in [9.17, 15) is 9.59 Å². The molecule has 0 saturated heterocycles. The number of anilines is 1. The molecule has 2 aromatic carbocycles. The van der Waals surface area contributed by atoms with Crippen molar-refractivity contribution >= 4 is 17.5 Å². The van der Waals surface area contributed by atoms with Gasteiger partial charge in [-0.05, 0) is 37.1 Å². The number of carbonyl (C=O) groups is 2. The SMILES string of the molecule is CC(Cc1ccccc1N)N1C(=O)c2ccccc2C1=O. The molecule has 0 saturated carbocycles. The fraction of sp³-hybridized carbons (Fsp3) is 0.176. The van der Waals surface area contributed by atoms with Gasteiger partial charge in [-0.15, -0.1) is 0 Å². The number of carbonyl (C=O) groups excluding carboxylic acids is 2. The van der Waals surface area contributed by atoms with E-state index >= 15 is 0 Å². The summed E-state index contributed by atoms with van der Waals surface area (Å²) in [5.74, 6) is -0.449. The van der Waals surface area contributed by atoms with Crippen LogP contribution in [0.25, 0.3) is 0 Å². The van der Waals surface area contributed by atoms with Crippen LogP contribution in [0.4, 0.5) is 5.69 Å². The van der Waals surface area contributed by atoms with Crippen molar-refractivity contribution in [1.29, 1.82) is 0 Å². The molecule has 0 fully saturated rings. The number of nitrogens with two attached hydrogens (primary N) is 1. The van der Waals surface area contributed by atoms with Gasteiger partial charge in [0, 0.05) is 11.7 Å². The summed E-state index contributed by atoms with van der Waals surface area (Å²) in [5.41, 5.74) is 8.52. The van der Waals surface area contributed by atoms with Crippen LogP contribution >= 0.6 is 0 Å². The molecule has 1 aliphatic heterocycles. The lowest BCUT2D eigenvalue weighted by Gasteiger charge is -2.23. The highest BCUT2D eigenvalue weighted by atomic mass is 16.2. The maximum absolute atomic E-state index is 12.4. The average Bonchev–Trinajstić information content (AvgIpc) is 2.74. The summed E-state index contributed by atoms with van der Waals surface area (Å²) in [6, 6.07) is 14.2. The van der Waals surface area contributed by atoms with E-state index in [0.717, 1.165) is 5.56 Å². The first-order valence-corrected chi connectivity index (χ1v) is 6.90. The lowest BCUT2D eigenvalue weighted by atomic mass is 10.0. The van der Waals surface area contributed by atoms with Crippen LogP contribution in [-0.4, -0.2) is 22.8 Å². The first-order chi connectivity index (χ1) is 10.1. The summed E-state index contributed by atoms with van der Waals surface area (Å²) in [6.45, 7) is 1.87. The highest BCUT2D eigenvalue weighted by molar-refractivity contribution is 6.21. The van der Waals surface area contributed by atoms with Crippen LogP contribution in [0.15, 0.2) is 48.5 Å². The van der Waals surface area contributed by atoms with Gasteiger partial charge in [0.2, 0.25) is 0 Å². The molecule has 0 spiro atoms. The van der Waals surface area contributed by atoms with Crippen LogP contribution in [0.1, 0.15) is 33.2 Å². The van der Waals surface area contributed by atoms with Gasteiger partial charge in [-0.3, -0.25) is 14.5 Å². The van der Waals surface area contributed by atoms with Crippen LogP contribution in [0, 0.1) is 0 Å². The minimum Gasteiger partial charge on any atom is -0.399 e. The van der Waals surface area contributed by atoms with Crippen molar-refractivity contribution in [2.24, 2.45) is 0 Å². The van der Waals surface area contributed by atoms with Gasteiger partial charge in [-0.2, -0.15) is 0 Å². The third-order valence-electron chi connectivity index (χ3n) is 3.84. The van der Waals surface area contributed by atoms with Crippen LogP contribution < -0.4 is 5.73 Å². The normalized spacial score (nSPS) is 15.2. The number of rotatable bonds is 3. The van der Waals surface area contributed by atoms with Gasteiger partial charge in [-0.25, -0.2) is 0 Å². The molecule has 21 heavy (non-hydrogen) atoms. The van der Waals surface area contributed by atoms with Crippen molar-refractivity contribution in [2.45, 2.75) is 19.4 Å². The Morgan fingerprint density at radius 2 is 1.48 bits per heavy atom. The van der Waals surface area contributed by atoms with Crippen molar-refractivity contribution < 1.29 is 9.59 Å². The molecule has 2 N–H and O–H groups in total. The number of hydrogen-bond donors (Lipinski definition) is 1. The van der Waals surface area contributed by atoms with E-state index in [2.05, 4.69) is 0 Å². The average molecular weight is 280 g/mol. The van der Waals surface area contributed by atoms with Crippen LogP contribution in [0.5, 0.6) is 0 Å².